The summed E-state index contributed by atoms with van der Waals surface area (Å²) in [6, 6.07) is 110. The summed E-state index contributed by atoms with van der Waals surface area (Å²) in [6.45, 7) is 0. The minimum atomic E-state index is 1.26. The van der Waals surface area contributed by atoms with Crippen molar-refractivity contribution in [2.24, 2.45) is 0 Å². The maximum atomic E-state index is 2.24. The molecule has 11 aromatic carbocycles. The number of rotatable bonds is 7. The lowest BCUT2D eigenvalue weighted by molar-refractivity contribution is 1.58. The molecule has 0 saturated heterocycles. The predicted molar refractivity (Wildman–Crippen MR) is 284 cm³/mol. The van der Waals surface area contributed by atoms with Gasteiger partial charge in [-0.05, 0) is 84.0 Å². The third-order valence-electron chi connectivity index (χ3n) is 11.2. The summed E-state index contributed by atoms with van der Waals surface area (Å²) in [6.07, 6.45) is 0. The average molecular weight is 845 g/mol. The predicted octanol–water partition coefficient (Wildman–Crippen LogP) is 18.4. The molecular weight excluding hydrogens is 793 g/mol. The van der Waals surface area contributed by atoms with Gasteiger partial charge < -0.3 is 0 Å². The van der Waals surface area contributed by atoms with Crippen molar-refractivity contribution in [1.29, 1.82) is 0 Å². The van der Waals surface area contributed by atoms with Crippen molar-refractivity contribution in [3.05, 3.63) is 315 Å². The second-order valence-corrected chi connectivity index (χ2v) is 15.6. The van der Waals surface area contributed by atoms with Crippen LogP contribution in [0, 0.1) is 0 Å². The van der Waals surface area contributed by atoms with Gasteiger partial charge in [0.05, 0.1) is 0 Å². The van der Waals surface area contributed by atoms with Gasteiger partial charge in [-0.1, -0.05) is 309 Å². The van der Waals surface area contributed by atoms with Gasteiger partial charge in [0, 0.05) is 0 Å². The fraction of sp³-hybridized carbons (Fsp3) is 0. The molecule has 0 unspecified atom stereocenters. The Balaban J connectivity index is 0.000000121. The first-order valence-electron chi connectivity index (χ1n) is 22.5. The van der Waals surface area contributed by atoms with E-state index in [9.17, 15) is 0 Å². The molecule has 0 heterocycles. The highest BCUT2D eigenvalue weighted by molar-refractivity contribution is 5.83. The van der Waals surface area contributed by atoms with Gasteiger partial charge in [-0.25, -0.2) is 0 Å². The van der Waals surface area contributed by atoms with Crippen molar-refractivity contribution in [2.75, 3.05) is 0 Å². The Bertz CT molecular complexity index is 2830. The van der Waals surface area contributed by atoms with Gasteiger partial charge in [0.2, 0.25) is 0 Å². The number of hydrogen-bond donors (Lipinski definition) is 0. The lowest BCUT2D eigenvalue weighted by atomic mass is 9.95. The molecule has 0 atom stereocenters. The minimum Gasteiger partial charge on any atom is -0.0622 e. The maximum Gasteiger partial charge on any atom is -0.0105 e. The molecule has 66 heavy (non-hydrogen) atoms. The second-order valence-electron chi connectivity index (χ2n) is 15.6. The standard InChI is InChI=1S/3C18H14.C12H10/c1-3-9-15(10-4-1)17-13-7-8-14-18(17)16-11-5-2-6-12-16;1-3-8-15(9-4-1)17-12-7-13-18(14-17)16-10-5-2-6-11-16;1-3-7-15(8-4-1)17-11-13-18(14-12-17)16-9-5-2-6-10-16;1-3-7-11(8-4-1)12-9-5-2-6-10-12/h3*1-14H;1-10H. The molecule has 0 aliphatic rings. The maximum absolute atomic E-state index is 2.24. The smallest absolute Gasteiger partial charge is 0.0105 e. The normalized spacial score (nSPS) is 10.1. The van der Waals surface area contributed by atoms with Gasteiger partial charge in [0.15, 0.2) is 0 Å². The van der Waals surface area contributed by atoms with Gasteiger partial charge in [0.1, 0.15) is 0 Å². The van der Waals surface area contributed by atoms with E-state index in [1.807, 2.05) is 36.4 Å². The molecule has 11 aromatic rings. The highest BCUT2D eigenvalue weighted by atomic mass is 14.1. The summed E-state index contributed by atoms with van der Waals surface area (Å²) >= 11 is 0. The van der Waals surface area contributed by atoms with Crippen LogP contribution in [0.15, 0.2) is 315 Å². The van der Waals surface area contributed by atoms with Gasteiger partial charge in [-0.3, -0.25) is 0 Å². The summed E-state index contributed by atoms with van der Waals surface area (Å²) in [5.74, 6) is 0. The lowest BCUT2D eigenvalue weighted by Gasteiger charge is -2.09. The van der Waals surface area contributed by atoms with Crippen LogP contribution in [-0.2, 0) is 0 Å². The third kappa shape index (κ3) is 12.5. The van der Waals surface area contributed by atoms with Crippen molar-refractivity contribution >= 4 is 0 Å². The van der Waals surface area contributed by atoms with E-state index in [0.29, 0.717) is 0 Å². The summed E-state index contributed by atoms with van der Waals surface area (Å²) in [5.41, 5.74) is 17.7. The van der Waals surface area contributed by atoms with Crippen LogP contribution in [0.5, 0.6) is 0 Å². The molecule has 0 nitrogen and oxygen atoms in total. The molecule has 0 spiro atoms. The zero-order valence-electron chi connectivity index (χ0n) is 37.0. The summed E-state index contributed by atoms with van der Waals surface area (Å²) in [7, 11) is 0. The van der Waals surface area contributed by atoms with Gasteiger partial charge in [-0.15, -0.1) is 0 Å². The largest absolute Gasteiger partial charge is 0.0622 e. The monoisotopic (exact) mass is 844 g/mol. The van der Waals surface area contributed by atoms with Gasteiger partial charge in [0.25, 0.3) is 0 Å². The zero-order chi connectivity index (χ0) is 44.9. The Hall–Kier alpha value is -8.58. The first-order valence-corrected chi connectivity index (χ1v) is 22.5. The number of hydrogen-bond acceptors (Lipinski definition) is 0. The zero-order valence-corrected chi connectivity index (χ0v) is 37.0. The van der Waals surface area contributed by atoms with Crippen LogP contribution in [0.25, 0.3) is 77.9 Å². The summed E-state index contributed by atoms with van der Waals surface area (Å²) in [4.78, 5) is 0. The van der Waals surface area contributed by atoms with Crippen LogP contribution in [-0.4, -0.2) is 0 Å². The molecular formula is C66H52. The quantitative estimate of drug-likeness (QED) is 0.150. The fourth-order valence-corrected chi connectivity index (χ4v) is 7.74. The molecule has 11 rings (SSSR count). The average Bonchev–Trinajstić information content (AvgIpc) is 3.43. The van der Waals surface area contributed by atoms with E-state index in [1.54, 1.807) is 0 Å². The van der Waals surface area contributed by atoms with E-state index >= 15 is 0 Å². The second kappa shape index (κ2) is 23.7. The van der Waals surface area contributed by atoms with Crippen LogP contribution in [0.2, 0.25) is 0 Å². The fourth-order valence-electron chi connectivity index (χ4n) is 7.74. The van der Waals surface area contributed by atoms with Crippen LogP contribution in [0.1, 0.15) is 0 Å². The van der Waals surface area contributed by atoms with Crippen molar-refractivity contribution in [1.82, 2.24) is 0 Å². The van der Waals surface area contributed by atoms with Crippen LogP contribution in [0.4, 0.5) is 0 Å². The highest BCUT2D eigenvalue weighted by Crippen LogP contribution is 2.32. The van der Waals surface area contributed by atoms with Crippen LogP contribution >= 0.6 is 0 Å². The molecule has 0 amide bonds. The Kier molecular flexibility index (Phi) is 15.8. The lowest BCUT2D eigenvalue weighted by Crippen LogP contribution is -1.83. The van der Waals surface area contributed by atoms with E-state index in [4.69, 9.17) is 0 Å². The van der Waals surface area contributed by atoms with Crippen LogP contribution in [0.3, 0.4) is 0 Å². The molecule has 0 saturated carbocycles. The molecule has 316 valence electrons. The molecule has 0 fully saturated rings. The van der Waals surface area contributed by atoms with E-state index in [0.717, 1.165) is 0 Å². The molecule has 0 N–H and O–H groups in total. The minimum absolute atomic E-state index is 1.26. The SMILES string of the molecule is c1ccc(-c2ccc(-c3ccccc3)cc2)cc1.c1ccc(-c2cccc(-c3ccccc3)c2)cc1.c1ccc(-c2ccccc2)cc1.c1ccc(-c2ccccc2-c2ccccc2)cc1. The first-order chi connectivity index (χ1) is 32.8. The molecule has 0 radical (unpaired) electrons. The Morgan fingerprint density at radius 1 is 0.106 bits per heavy atom. The third-order valence-corrected chi connectivity index (χ3v) is 11.2. The van der Waals surface area contributed by atoms with E-state index in [2.05, 4.69) is 279 Å². The van der Waals surface area contributed by atoms with Crippen molar-refractivity contribution in [3.8, 4) is 77.9 Å². The summed E-state index contributed by atoms with van der Waals surface area (Å²) in [5, 5.41) is 0. The molecule has 0 heteroatoms. The van der Waals surface area contributed by atoms with Gasteiger partial charge >= 0.3 is 0 Å². The summed E-state index contributed by atoms with van der Waals surface area (Å²) < 4.78 is 0. The van der Waals surface area contributed by atoms with Crippen molar-refractivity contribution in [3.63, 3.8) is 0 Å². The first kappa shape index (κ1) is 44.0. The van der Waals surface area contributed by atoms with E-state index in [1.165, 1.54) is 77.9 Å². The Labute approximate surface area is 391 Å². The van der Waals surface area contributed by atoms with Crippen molar-refractivity contribution < 1.29 is 0 Å². The molecule has 0 bridgehead atoms. The number of benzene rings is 11. The van der Waals surface area contributed by atoms with Crippen molar-refractivity contribution in [2.45, 2.75) is 0 Å². The molecule has 0 aliphatic carbocycles. The van der Waals surface area contributed by atoms with Crippen LogP contribution < -0.4 is 0 Å². The molecule has 0 aromatic heterocycles. The van der Waals surface area contributed by atoms with E-state index < -0.39 is 0 Å². The molecule has 0 aliphatic heterocycles. The van der Waals surface area contributed by atoms with Gasteiger partial charge in [-0.2, -0.15) is 0 Å². The topological polar surface area (TPSA) is 0 Å². The van der Waals surface area contributed by atoms with E-state index in [-0.39, 0.29) is 0 Å². The Morgan fingerprint density at radius 2 is 0.273 bits per heavy atom. The Morgan fingerprint density at radius 3 is 0.515 bits per heavy atom. The highest BCUT2D eigenvalue weighted by Gasteiger charge is 2.06.